The SMILES string of the molecule is COc1ccc(N(CC(=O)NC2CC3CCC2C3)S(=O)(=O)c2ccc(F)cc2)cc1. The van der Waals surface area contributed by atoms with Gasteiger partial charge in [-0.25, -0.2) is 12.8 Å². The molecule has 2 bridgehead atoms. The van der Waals surface area contributed by atoms with Gasteiger partial charge in [0.05, 0.1) is 17.7 Å². The fourth-order valence-corrected chi connectivity index (χ4v) is 6.02. The lowest BCUT2D eigenvalue weighted by Gasteiger charge is -2.27. The van der Waals surface area contributed by atoms with E-state index in [1.807, 2.05) is 0 Å². The number of rotatable bonds is 7. The number of sulfonamides is 1. The maximum Gasteiger partial charge on any atom is 0.264 e. The van der Waals surface area contributed by atoms with E-state index in [-0.39, 0.29) is 23.4 Å². The van der Waals surface area contributed by atoms with Crippen LogP contribution in [0.2, 0.25) is 0 Å². The summed E-state index contributed by atoms with van der Waals surface area (Å²) in [5, 5.41) is 3.04. The van der Waals surface area contributed by atoms with Crippen molar-refractivity contribution >= 4 is 21.6 Å². The highest BCUT2D eigenvalue weighted by atomic mass is 32.2. The molecular formula is C22H25FN2O4S. The number of benzene rings is 2. The van der Waals surface area contributed by atoms with Crippen molar-refractivity contribution in [1.82, 2.24) is 5.32 Å². The van der Waals surface area contributed by atoms with Crippen LogP contribution in [-0.4, -0.2) is 34.0 Å². The first-order valence-corrected chi connectivity index (χ1v) is 11.5. The maximum atomic E-state index is 13.3. The van der Waals surface area contributed by atoms with Crippen molar-refractivity contribution in [3.05, 3.63) is 54.3 Å². The number of anilines is 1. The molecule has 6 nitrogen and oxygen atoms in total. The van der Waals surface area contributed by atoms with Crippen molar-refractivity contribution in [2.75, 3.05) is 18.0 Å². The molecule has 2 aliphatic rings. The summed E-state index contributed by atoms with van der Waals surface area (Å²) in [6.07, 6.45) is 4.43. The molecule has 0 aliphatic heterocycles. The van der Waals surface area contributed by atoms with Crippen LogP contribution in [-0.2, 0) is 14.8 Å². The van der Waals surface area contributed by atoms with Gasteiger partial charge in [-0.2, -0.15) is 0 Å². The second-order valence-corrected chi connectivity index (χ2v) is 9.87. The van der Waals surface area contributed by atoms with Gasteiger partial charge < -0.3 is 10.1 Å². The van der Waals surface area contributed by atoms with Crippen molar-refractivity contribution < 1.29 is 22.3 Å². The molecule has 4 rings (SSSR count). The summed E-state index contributed by atoms with van der Waals surface area (Å²) >= 11 is 0. The Morgan fingerprint density at radius 3 is 2.37 bits per heavy atom. The number of nitrogens with zero attached hydrogens (tertiary/aromatic N) is 1. The maximum absolute atomic E-state index is 13.3. The van der Waals surface area contributed by atoms with Crippen LogP contribution in [0.15, 0.2) is 53.4 Å². The molecule has 1 N–H and O–H groups in total. The summed E-state index contributed by atoms with van der Waals surface area (Å²) < 4.78 is 46.1. The zero-order chi connectivity index (χ0) is 21.3. The minimum absolute atomic E-state index is 0.0764. The molecule has 160 valence electrons. The molecule has 30 heavy (non-hydrogen) atoms. The highest BCUT2D eigenvalue weighted by Crippen LogP contribution is 2.44. The Kier molecular flexibility index (Phi) is 5.69. The predicted molar refractivity (Wildman–Crippen MR) is 111 cm³/mol. The van der Waals surface area contributed by atoms with E-state index in [9.17, 15) is 17.6 Å². The van der Waals surface area contributed by atoms with Gasteiger partial charge in [0, 0.05) is 6.04 Å². The number of amides is 1. The molecule has 2 fully saturated rings. The normalized spacial score (nSPS) is 22.7. The van der Waals surface area contributed by atoms with Gasteiger partial charge >= 0.3 is 0 Å². The first kappa shape index (κ1) is 20.7. The number of fused-ring (bicyclic) bond motifs is 2. The Morgan fingerprint density at radius 1 is 1.10 bits per heavy atom. The molecule has 3 unspecified atom stereocenters. The number of hydrogen-bond donors (Lipinski definition) is 1. The van der Waals surface area contributed by atoms with Crippen molar-refractivity contribution in [2.24, 2.45) is 11.8 Å². The summed E-state index contributed by atoms with van der Waals surface area (Å²) in [7, 11) is -2.55. The third-order valence-corrected chi connectivity index (χ3v) is 7.92. The van der Waals surface area contributed by atoms with E-state index in [2.05, 4.69) is 5.32 Å². The zero-order valence-corrected chi connectivity index (χ0v) is 17.6. The van der Waals surface area contributed by atoms with Gasteiger partial charge in [0.25, 0.3) is 10.0 Å². The quantitative estimate of drug-likeness (QED) is 0.728. The lowest BCUT2D eigenvalue weighted by Crippen LogP contribution is -2.46. The van der Waals surface area contributed by atoms with Crippen LogP contribution < -0.4 is 14.4 Å². The largest absolute Gasteiger partial charge is 0.497 e. The Balaban J connectivity index is 1.59. The third-order valence-electron chi connectivity index (χ3n) is 6.13. The monoisotopic (exact) mass is 432 g/mol. The van der Waals surface area contributed by atoms with E-state index in [4.69, 9.17) is 4.74 Å². The molecule has 2 aromatic carbocycles. The molecule has 0 heterocycles. The van der Waals surface area contributed by atoms with Crippen LogP contribution in [0.4, 0.5) is 10.1 Å². The summed E-state index contributed by atoms with van der Waals surface area (Å²) in [6, 6.07) is 11.2. The first-order chi connectivity index (χ1) is 14.4. The fraction of sp³-hybridized carbons (Fsp3) is 0.409. The number of nitrogens with one attached hydrogen (secondary N) is 1. The summed E-state index contributed by atoms with van der Waals surface area (Å²) in [6.45, 7) is -0.347. The van der Waals surface area contributed by atoms with Crippen LogP contribution in [0.3, 0.4) is 0 Å². The Bertz CT molecular complexity index is 1010. The number of methoxy groups -OCH3 is 1. The lowest BCUT2D eigenvalue weighted by atomic mass is 9.95. The van der Waals surface area contributed by atoms with Crippen LogP contribution in [0.1, 0.15) is 25.7 Å². The number of carbonyl (C=O) groups is 1. The van der Waals surface area contributed by atoms with Crippen LogP contribution in [0, 0.1) is 17.7 Å². The van der Waals surface area contributed by atoms with Gasteiger partial charge in [-0.1, -0.05) is 6.42 Å². The Labute approximate surface area is 176 Å². The van der Waals surface area contributed by atoms with Crippen LogP contribution in [0.5, 0.6) is 5.75 Å². The van der Waals surface area contributed by atoms with E-state index >= 15 is 0 Å². The van der Waals surface area contributed by atoms with Crippen molar-refractivity contribution in [1.29, 1.82) is 0 Å². The molecule has 1 amide bonds. The minimum Gasteiger partial charge on any atom is -0.497 e. The van der Waals surface area contributed by atoms with E-state index in [0.29, 0.717) is 23.3 Å². The van der Waals surface area contributed by atoms with Crippen molar-refractivity contribution in [3.63, 3.8) is 0 Å². The summed E-state index contributed by atoms with van der Waals surface area (Å²) in [5.74, 6) is 0.861. The van der Waals surface area contributed by atoms with Gasteiger partial charge in [-0.15, -0.1) is 0 Å². The number of hydrogen-bond acceptors (Lipinski definition) is 4. The molecule has 2 saturated carbocycles. The van der Waals surface area contributed by atoms with Gasteiger partial charge in [0.2, 0.25) is 5.91 Å². The van der Waals surface area contributed by atoms with Crippen LogP contribution in [0.25, 0.3) is 0 Å². The van der Waals surface area contributed by atoms with Crippen LogP contribution >= 0.6 is 0 Å². The zero-order valence-electron chi connectivity index (χ0n) is 16.8. The van der Waals surface area contributed by atoms with E-state index in [1.165, 1.54) is 25.7 Å². The molecule has 0 radical (unpaired) electrons. The number of halogens is 1. The number of ether oxygens (including phenoxy) is 1. The predicted octanol–water partition coefficient (Wildman–Crippen LogP) is 3.33. The first-order valence-electron chi connectivity index (χ1n) is 10.1. The van der Waals surface area contributed by atoms with Crippen molar-refractivity contribution in [2.45, 2.75) is 36.6 Å². The molecule has 3 atom stereocenters. The third kappa shape index (κ3) is 4.14. The average molecular weight is 433 g/mol. The second kappa shape index (κ2) is 8.26. The van der Waals surface area contributed by atoms with E-state index in [0.717, 1.165) is 35.7 Å². The van der Waals surface area contributed by atoms with Gasteiger partial charge in [0.1, 0.15) is 18.1 Å². The Morgan fingerprint density at radius 2 is 1.80 bits per heavy atom. The van der Waals surface area contributed by atoms with Gasteiger partial charge in [0.15, 0.2) is 0 Å². The summed E-state index contributed by atoms with van der Waals surface area (Å²) in [4.78, 5) is 12.7. The topological polar surface area (TPSA) is 75.7 Å². The number of carbonyl (C=O) groups excluding carboxylic acids is 1. The molecule has 2 aromatic rings. The lowest BCUT2D eigenvalue weighted by molar-refractivity contribution is -0.120. The minimum atomic E-state index is -4.06. The molecule has 0 saturated heterocycles. The highest BCUT2D eigenvalue weighted by molar-refractivity contribution is 7.92. The summed E-state index contributed by atoms with van der Waals surface area (Å²) in [5.41, 5.74) is 0.336. The molecule has 0 spiro atoms. The highest BCUT2D eigenvalue weighted by Gasteiger charge is 2.40. The van der Waals surface area contributed by atoms with Crippen molar-refractivity contribution in [3.8, 4) is 5.75 Å². The second-order valence-electron chi connectivity index (χ2n) is 8.01. The molecule has 8 heteroatoms. The molecule has 2 aliphatic carbocycles. The van der Waals surface area contributed by atoms with Gasteiger partial charge in [-0.05, 0) is 79.6 Å². The van der Waals surface area contributed by atoms with E-state index < -0.39 is 15.8 Å². The van der Waals surface area contributed by atoms with Gasteiger partial charge in [-0.3, -0.25) is 9.10 Å². The molecular weight excluding hydrogens is 407 g/mol. The molecule has 0 aromatic heterocycles. The standard InChI is InChI=1S/C22H25FN2O4S/c1-29-19-8-6-18(7-9-19)25(30(27,28)20-10-4-17(23)5-11-20)14-22(26)24-21-13-15-2-3-16(21)12-15/h4-11,15-16,21H,2-3,12-14H2,1H3,(H,24,26). The average Bonchev–Trinajstić information content (AvgIpc) is 3.35. The smallest absolute Gasteiger partial charge is 0.264 e. The van der Waals surface area contributed by atoms with E-state index in [1.54, 1.807) is 24.3 Å². The Hall–Kier alpha value is -2.61. The fourth-order valence-electron chi connectivity index (χ4n) is 4.60.